The summed E-state index contributed by atoms with van der Waals surface area (Å²) in [6.45, 7) is 7.34. The Hall–Kier alpha value is -3.49. The number of ketones is 1. The van der Waals surface area contributed by atoms with Crippen molar-refractivity contribution < 1.29 is 28.3 Å². The number of esters is 1. The minimum atomic E-state index is -0.971. The summed E-state index contributed by atoms with van der Waals surface area (Å²) >= 11 is 0. The minimum absolute atomic E-state index is 0.0752. The first kappa shape index (κ1) is 30.7. The third-order valence-electron chi connectivity index (χ3n) is 6.55. The molecule has 0 bridgehead atoms. The van der Waals surface area contributed by atoms with Gasteiger partial charge in [0.25, 0.3) is 0 Å². The molecule has 2 aromatic rings. The first-order valence-electron chi connectivity index (χ1n) is 13.3. The number of Topliss-reactive ketones (excluding diaryl/α,β-unsaturated/α-hetero) is 1. The van der Waals surface area contributed by atoms with Crippen molar-refractivity contribution in [1.82, 2.24) is 5.32 Å². The van der Waals surface area contributed by atoms with Crippen molar-refractivity contribution in [2.45, 2.75) is 97.9 Å². The highest BCUT2D eigenvalue weighted by molar-refractivity contribution is 5.93. The van der Waals surface area contributed by atoms with E-state index in [0.29, 0.717) is 24.8 Å². The highest BCUT2D eigenvalue weighted by Crippen LogP contribution is 2.28. The Morgan fingerprint density at radius 1 is 1.03 bits per heavy atom. The van der Waals surface area contributed by atoms with E-state index in [1.807, 2.05) is 0 Å². The zero-order valence-electron chi connectivity index (χ0n) is 22.9. The number of nitrogens with one attached hydrogen (secondary N) is 1. The maximum absolute atomic E-state index is 12.9. The number of carbonyl (C=O) groups excluding carboxylic acids is 4. The number of unbranched alkanes of at least 4 members (excludes halogenated alkanes) is 4. The number of ether oxygens (including phenoxy) is 1. The lowest BCUT2D eigenvalue weighted by atomic mass is 9.86. The maximum atomic E-state index is 12.9. The SMILES string of the molecule is CCCCCCCC(=O)N[C@H](CC(N)=O)C(=O)CCCC(C)(C)C(=O)Oc1ccc2c(C)cc(=O)oc2c1. The second kappa shape index (κ2) is 14.4. The number of aryl methyl sites for hydroxylation is 1. The van der Waals surface area contributed by atoms with E-state index in [4.69, 9.17) is 14.9 Å². The zero-order chi connectivity index (χ0) is 28.3. The van der Waals surface area contributed by atoms with Crippen LogP contribution in [0.5, 0.6) is 5.75 Å². The van der Waals surface area contributed by atoms with Gasteiger partial charge in [-0.3, -0.25) is 19.2 Å². The lowest BCUT2D eigenvalue weighted by molar-refractivity contribution is -0.144. The van der Waals surface area contributed by atoms with Crippen LogP contribution in [-0.4, -0.2) is 29.6 Å². The lowest BCUT2D eigenvalue weighted by Crippen LogP contribution is -2.43. The Kier molecular flexibility index (Phi) is 11.7. The molecule has 1 aromatic heterocycles. The Balaban J connectivity index is 1.90. The van der Waals surface area contributed by atoms with E-state index < -0.39 is 29.0 Å². The summed E-state index contributed by atoms with van der Waals surface area (Å²) in [6.07, 6.45) is 5.76. The fraction of sp³-hybridized carbons (Fsp3) is 0.552. The highest BCUT2D eigenvalue weighted by atomic mass is 16.5. The van der Waals surface area contributed by atoms with Crippen LogP contribution in [0.1, 0.15) is 90.5 Å². The van der Waals surface area contributed by atoms with Crippen molar-refractivity contribution in [2.75, 3.05) is 0 Å². The Bertz CT molecular complexity index is 1200. The van der Waals surface area contributed by atoms with Crippen LogP contribution in [0, 0.1) is 12.3 Å². The number of hydrogen-bond acceptors (Lipinski definition) is 7. The van der Waals surface area contributed by atoms with Crippen LogP contribution in [0.3, 0.4) is 0 Å². The molecule has 0 saturated heterocycles. The molecule has 0 aliphatic rings. The molecular formula is C29H40N2O7. The number of nitrogens with two attached hydrogens (primary N) is 1. The number of amides is 2. The van der Waals surface area contributed by atoms with Gasteiger partial charge in [0.2, 0.25) is 11.8 Å². The third kappa shape index (κ3) is 9.76. The maximum Gasteiger partial charge on any atom is 0.336 e. The molecule has 0 fully saturated rings. The Morgan fingerprint density at radius 3 is 2.42 bits per heavy atom. The predicted octanol–water partition coefficient (Wildman–Crippen LogP) is 4.49. The normalized spacial score (nSPS) is 12.2. The fourth-order valence-corrected chi connectivity index (χ4v) is 4.20. The van der Waals surface area contributed by atoms with Crippen LogP contribution in [0.25, 0.3) is 11.0 Å². The number of carbonyl (C=O) groups is 4. The summed E-state index contributed by atoms with van der Waals surface area (Å²) in [5.74, 6) is -1.49. The van der Waals surface area contributed by atoms with Gasteiger partial charge in [0.05, 0.1) is 17.9 Å². The van der Waals surface area contributed by atoms with Crippen LogP contribution < -0.4 is 21.4 Å². The number of rotatable bonds is 16. The molecule has 0 aliphatic heterocycles. The van der Waals surface area contributed by atoms with Crippen LogP contribution in [-0.2, 0) is 19.2 Å². The van der Waals surface area contributed by atoms with Crippen molar-refractivity contribution in [3.63, 3.8) is 0 Å². The summed E-state index contributed by atoms with van der Waals surface area (Å²) < 4.78 is 10.7. The minimum Gasteiger partial charge on any atom is -0.426 e. The molecule has 0 unspecified atom stereocenters. The zero-order valence-corrected chi connectivity index (χ0v) is 22.9. The molecule has 1 atom stereocenters. The molecule has 208 valence electrons. The van der Waals surface area contributed by atoms with Crippen LogP contribution in [0.2, 0.25) is 0 Å². The van der Waals surface area contributed by atoms with Gasteiger partial charge in [-0.1, -0.05) is 32.6 Å². The molecule has 2 rings (SSSR count). The van der Waals surface area contributed by atoms with E-state index in [0.717, 1.165) is 43.1 Å². The van der Waals surface area contributed by atoms with Gasteiger partial charge < -0.3 is 20.2 Å². The molecule has 0 aliphatic carbocycles. The van der Waals surface area contributed by atoms with Gasteiger partial charge in [-0.15, -0.1) is 0 Å². The summed E-state index contributed by atoms with van der Waals surface area (Å²) in [5, 5.41) is 3.40. The van der Waals surface area contributed by atoms with Crippen molar-refractivity contribution in [2.24, 2.45) is 11.1 Å². The first-order valence-corrected chi connectivity index (χ1v) is 13.3. The van der Waals surface area contributed by atoms with Gasteiger partial charge >= 0.3 is 11.6 Å². The highest BCUT2D eigenvalue weighted by Gasteiger charge is 2.31. The van der Waals surface area contributed by atoms with Crippen molar-refractivity contribution in [1.29, 1.82) is 0 Å². The second-order valence-electron chi connectivity index (χ2n) is 10.5. The number of fused-ring (bicyclic) bond motifs is 1. The van der Waals surface area contributed by atoms with E-state index in [9.17, 15) is 24.0 Å². The van der Waals surface area contributed by atoms with Crippen LogP contribution in [0.4, 0.5) is 0 Å². The number of benzene rings is 1. The Labute approximate surface area is 223 Å². The molecule has 0 spiro atoms. The summed E-state index contributed by atoms with van der Waals surface area (Å²) in [6, 6.07) is 5.28. The average molecular weight is 529 g/mol. The van der Waals surface area contributed by atoms with Crippen molar-refractivity contribution >= 4 is 34.5 Å². The molecular weight excluding hydrogens is 488 g/mol. The molecule has 3 N–H and O–H groups in total. The predicted molar refractivity (Wildman–Crippen MR) is 145 cm³/mol. The summed E-state index contributed by atoms with van der Waals surface area (Å²) in [5.41, 5.74) is 4.99. The van der Waals surface area contributed by atoms with Gasteiger partial charge in [-0.2, -0.15) is 0 Å². The van der Waals surface area contributed by atoms with E-state index in [-0.39, 0.29) is 30.3 Å². The van der Waals surface area contributed by atoms with Gasteiger partial charge in [0.1, 0.15) is 11.3 Å². The van der Waals surface area contributed by atoms with Gasteiger partial charge in [-0.25, -0.2) is 4.79 Å². The molecule has 1 aromatic carbocycles. The molecule has 9 nitrogen and oxygen atoms in total. The topological polar surface area (TPSA) is 146 Å². The summed E-state index contributed by atoms with van der Waals surface area (Å²) in [7, 11) is 0. The molecule has 0 saturated carbocycles. The fourth-order valence-electron chi connectivity index (χ4n) is 4.20. The van der Waals surface area contributed by atoms with Crippen molar-refractivity contribution in [3.05, 3.63) is 40.2 Å². The molecule has 2 amide bonds. The van der Waals surface area contributed by atoms with Crippen LogP contribution in [0.15, 0.2) is 33.5 Å². The van der Waals surface area contributed by atoms with E-state index >= 15 is 0 Å². The smallest absolute Gasteiger partial charge is 0.336 e. The largest absolute Gasteiger partial charge is 0.426 e. The van der Waals surface area contributed by atoms with Gasteiger partial charge in [0.15, 0.2) is 5.78 Å². The number of hydrogen-bond donors (Lipinski definition) is 2. The Morgan fingerprint density at radius 2 is 1.74 bits per heavy atom. The van der Waals surface area contributed by atoms with Gasteiger partial charge in [-0.05, 0) is 57.7 Å². The quantitative estimate of drug-likeness (QED) is 0.141. The average Bonchev–Trinajstić information content (AvgIpc) is 2.82. The van der Waals surface area contributed by atoms with Gasteiger partial charge in [0, 0.05) is 30.4 Å². The van der Waals surface area contributed by atoms with Crippen LogP contribution >= 0.6 is 0 Å². The van der Waals surface area contributed by atoms with E-state index in [1.54, 1.807) is 32.9 Å². The molecule has 0 radical (unpaired) electrons. The molecule has 1 heterocycles. The van der Waals surface area contributed by atoms with Crippen molar-refractivity contribution in [3.8, 4) is 5.75 Å². The molecule has 38 heavy (non-hydrogen) atoms. The monoisotopic (exact) mass is 528 g/mol. The number of primary amides is 1. The standard InChI is InChI=1S/C29H40N2O7/c1-5-6-7-8-9-12-26(34)31-22(18-25(30)33)23(32)11-10-15-29(3,4)28(36)37-20-13-14-21-19(2)16-27(35)38-24(21)17-20/h13-14,16-17,22H,5-12,15,18H2,1-4H3,(H2,30,33)(H,31,34)/t22-/m1/s1. The second-order valence-corrected chi connectivity index (χ2v) is 10.5. The van der Waals surface area contributed by atoms with E-state index in [2.05, 4.69) is 12.2 Å². The summed E-state index contributed by atoms with van der Waals surface area (Å²) in [4.78, 5) is 61.1. The van der Waals surface area contributed by atoms with E-state index in [1.165, 1.54) is 12.1 Å². The lowest BCUT2D eigenvalue weighted by Gasteiger charge is -2.23. The molecule has 9 heteroatoms. The first-order chi connectivity index (χ1) is 17.9. The third-order valence-corrected chi connectivity index (χ3v) is 6.55.